The summed E-state index contributed by atoms with van der Waals surface area (Å²) in [4.78, 5) is 23.5. The van der Waals surface area contributed by atoms with Crippen LogP contribution in [0.4, 0.5) is 11.4 Å². The van der Waals surface area contributed by atoms with Crippen molar-refractivity contribution in [3.63, 3.8) is 0 Å². The Kier molecular flexibility index (Phi) is 5.98. The molecule has 8 nitrogen and oxygen atoms in total. The molecule has 1 fully saturated rings. The first-order valence-electron chi connectivity index (χ1n) is 9.55. The van der Waals surface area contributed by atoms with E-state index >= 15 is 0 Å². The Morgan fingerprint density at radius 1 is 1.10 bits per heavy atom. The number of benzene rings is 2. The van der Waals surface area contributed by atoms with Gasteiger partial charge in [0, 0.05) is 41.0 Å². The van der Waals surface area contributed by atoms with Crippen molar-refractivity contribution >= 4 is 60.3 Å². The van der Waals surface area contributed by atoms with Gasteiger partial charge in [0.25, 0.3) is 11.6 Å². The van der Waals surface area contributed by atoms with Gasteiger partial charge in [-0.05, 0) is 43.2 Å². The highest BCUT2D eigenvalue weighted by Gasteiger charge is 2.28. The molecule has 0 radical (unpaired) electrons. The second-order valence-corrected chi connectivity index (χ2v) is 10.6. The van der Waals surface area contributed by atoms with Gasteiger partial charge in [0.2, 0.25) is 10.0 Å². The third-order valence-corrected chi connectivity index (χ3v) is 8.55. The summed E-state index contributed by atoms with van der Waals surface area (Å²) in [7, 11) is -3.76. The summed E-state index contributed by atoms with van der Waals surface area (Å²) >= 11 is 7.37. The molecule has 2 heterocycles. The molecule has 0 aliphatic carbocycles. The van der Waals surface area contributed by atoms with E-state index < -0.39 is 20.9 Å². The van der Waals surface area contributed by atoms with Crippen molar-refractivity contribution in [1.82, 2.24) is 4.31 Å². The lowest BCUT2D eigenvalue weighted by atomic mass is 10.2. The van der Waals surface area contributed by atoms with Crippen LogP contribution in [-0.4, -0.2) is 36.6 Å². The number of carbonyl (C=O) groups is 1. The van der Waals surface area contributed by atoms with Gasteiger partial charge in [-0.2, -0.15) is 4.31 Å². The molecule has 4 rings (SSSR count). The van der Waals surface area contributed by atoms with Gasteiger partial charge in [-0.1, -0.05) is 18.0 Å². The minimum Gasteiger partial charge on any atom is -0.321 e. The number of nitro benzene ring substituents is 1. The Labute approximate surface area is 187 Å². The second-order valence-electron chi connectivity index (χ2n) is 7.15. The molecule has 1 amide bonds. The molecule has 31 heavy (non-hydrogen) atoms. The predicted octanol–water partition coefficient (Wildman–Crippen LogP) is 4.89. The van der Waals surface area contributed by atoms with E-state index in [9.17, 15) is 23.3 Å². The van der Waals surface area contributed by atoms with Crippen LogP contribution < -0.4 is 5.32 Å². The van der Waals surface area contributed by atoms with Crippen molar-refractivity contribution in [2.24, 2.45) is 0 Å². The van der Waals surface area contributed by atoms with Crippen LogP contribution in [0, 0.1) is 10.1 Å². The number of hydrogen-bond donors (Lipinski definition) is 1. The van der Waals surface area contributed by atoms with Crippen LogP contribution in [-0.2, 0) is 10.0 Å². The summed E-state index contributed by atoms with van der Waals surface area (Å²) in [5.41, 5.74) is 0.246. The summed E-state index contributed by atoms with van der Waals surface area (Å²) in [5, 5.41) is 14.3. The summed E-state index contributed by atoms with van der Waals surface area (Å²) < 4.78 is 28.1. The number of nitrogens with one attached hydrogen (secondary N) is 1. The molecule has 3 aromatic rings. The molecule has 162 valence electrons. The second kappa shape index (κ2) is 8.54. The van der Waals surface area contributed by atoms with Crippen molar-refractivity contribution in [3.8, 4) is 0 Å². The molecule has 0 saturated carbocycles. The summed E-state index contributed by atoms with van der Waals surface area (Å²) in [6.45, 7) is 0.895. The zero-order valence-corrected chi connectivity index (χ0v) is 18.6. The number of hydrogen-bond acceptors (Lipinski definition) is 6. The van der Waals surface area contributed by atoms with E-state index in [-0.39, 0.29) is 15.6 Å². The number of non-ortho nitro benzene ring substituents is 1. The molecule has 0 bridgehead atoms. The van der Waals surface area contributed by atoms with Crippen LogP contribution in [0.1, 0.15) is 28.9 Å². The smallest absolute Gasteiger partial charge is 0.270 e. The van der Waals surface area contributed by atoms with E-state index in [0.717, 1.165) is 24.0 Å². The Hall–Kier alpha value is -2.53. The van der Waals surface area contributed by atoms with Gasteiger partial charge in [0.15, 0.2) is 0 Å². The quantitative estimate of drug-likeness (QED) is 0.414. The van der Waals surface area contributed by atoms with Crippen molar-refractivity contribution in [2.75, 3.05) is 18.4 Å². The van der Waals surface area contributed by atoms with Crippen LogP contribution in [0.2, 0.25) is 5.02 Å². The Morgan fingerprint density at radius 2 is 1.84 bits per heavy atom. The molecule has 1 aliphatic heterocycles. The number of anilines is 1. The average molecular weight is 480 g/mol. The van der Waals surface area contributed by atoms with E-state index in [1.165, 1.54) is 46.0 Å². The van der Waals surface area contributed by atoms with Gasteiger partial charge in [-0.3, -0.25) is 14.9 Å². The zero-order valence-electron chi connectivity index (χ0n) is 16.2. The molecule has 0 unspecified atom stereocenters. The molecule has 11 heteroatoms. The highest BCUT2D eigenvalue weighted by atomic mass is 35.5. The lowest BCUT2D eigenvalue weighted by Crippen LogP contribution is -2.35. The lowest BCUT2D eigenvalue weighted by molar-refractivity contribution is -0.384. The van der Waals surface area contributed by atoms with Gasteiger partial charge in [-0.15, -0.1) is 11.3 Å². The highest BCUT2D eigenvalue weighted by Crippen LogP contribution is 2.32. The van der Waals surface area contributed by atoms with E-state index in [1.807, 2.05) is 0 Å². The minimum absolute atomic E-state index is 0.0409. The number of piperidine rings is 1. The number of amides is 1. The van der Waals surface area contributed by atoms with Crippen molar-refractivity contribution in [3.05, 3.63) is 62.5 Å². The number of carbonyl (C=O) groups excluding carboxylic acids is 1. The Morgan fingerprint density at radius 3 is 2.55 bits per heavy atom. The number of nitro groups is 1. The maximum absolute atomic E-state index is 13.0. The minimum atomic E-state index is -3.76. The van der Waals surface area contributed by atoms with E-state index in [0.29, 0.717) is 29.0 Å². The average Bonchev–Trinajstić information content (AvgIpc) is 3.19. The third kappa shape index (κ3) is 4.42. The number of fused-ring (bicyclic) bond motifs is 1. The molecule has 2 aromatic carbocycles. The van der Waals surface area contributed by atoms with Crippen molar-refractivity contribution in [2.45, 2.75) is 24.2 Å². The van der Waals surface area contributed by atoms with Gasteiger partial charge >= 0.3 is 0 Å². The van der Waals surface area contributed by atoms with Crippen LogP contribution in [0.5, 0.6) is 0 Å². The zero-order chi connectivity index (χ0) is 22.2. The first kappa shape index (κ1) is 21.7. The fraction of sp³-hybridized carbons (Fsp3) is 0.250. The topological polar surface area (TPSA) is 110 Å². The van der Waals surface area contributed by atoms with Gasteiger partial charge in [-0.25, -0.2) is 8.42 Å². The largest absolute Gasteiger partial charge is 0.321 e. The monoisotopic (exact) mass is 479 g/mol. The Balaban J connectivity index is 1.59. The molecular weight excluding hydrogens is 462 g/mol. The number of sulfonamides is 1. The molecule has 1 aliphatic rings. The van der Waals surface area contributed by atoms with E-state index in [1.54, 1.807) is 12.1 Å². The molecule has 1 aromatic heterocycles. The van der Waals surface area contributed by atoms with Crippen molar-refractivity contribution < 1.29 is 18.1 Å². The number of thiophene rings is 1. The summed E-state index contributed by atoms with van der Waals surface area (Å²) in [6.07, 6.45) is 2.60. The first-order chi connectivity index (χ1) is 14.8. The van der Waals surface area contributed by atoms with Crippen LogP contribution >= 0.6 is 22.9 Å². The van der Waals surface area contributed by atoms with Gasteiger partial charge < -0.3 is 5.32 Å². The highest BCUT2D eigenvalue weighted by molar-refractivity contribution is 7.89. The SMILES string of the molecule is O=C(Nc1ccc(Cl)c(S(=O)(=O)N2CCCCC2)c1)c1cc2cc([N+](=O)[O-])ccc2s1. The number of nitrogens with zero attached hydrogens (tertiary/aromatic N) is 2. The number of rotatable bonds is 5. The number of halogens is 1. The molecule has 1 saturated heterocycles. The Bertz CT molecular complexity index is 1280. The van der Waals surface area contributed by atoms with E-state index in [4.69, 9.17) is 11.6 Å². The fourth-order valence-corrected chi connectivity index (χ4v) is 6.43. The molecule has 0 spiro atoms. The molecular formula is C20H18ClN3O5S2. The van der Waals surface area contributed by atoms with Gasteiger partial charge in [0.05, 0.1) is 14.8 Å². The molecule has 0 atom stereocenters. The fourth-order valence-electron chi connectivity index (χ4n) is 3.47. The predicted molar refractivity (Wildman–Crippen MR) is 120 cm³/mol. The van der Waals surface area contributed by atoms with E-state index in [2.05, 4.69) is 5.32 Å². The summed E-state index contributed by atoms with van der Waals surface area (Å²) in [5.74, 6) is -0.438. The van der Waals surface area contributed by atoms with Crippen molar-refractivity contribution in [1.29, 1.82) is 0 Å². The maximum Gasteiger partial charge on any atom is 0.270 e. The third-order valence-electron chi connectivity index (χ3n) is 5.06. The lowest BCUT2D eigenvalue weighted by Gasteiger charge is -2.26. The van der Waals surface area contributed by atoms with Crippen LogP contribution in [0.3, 0.4) is 0 Å². The first-order valence-corrected chi connectivity index (χ1v) is 12.2. The van der Waals surface area contributed by atoms with Crippen LogP contribution in [0.15, 0.2) is 47.4 Å². The normalized spacial score (nSPS) is 15.1. The van der Waals surface area contributed by atoms with Gasteiger partial charge in [0.1, 0.15) is 4.90 Å². The van der Waals surface area contributed by atoms with Crippen LogP contribution in [0.25, 0.3) is 10.1 Å². The standard InChI is InChI=1S/C20H18ClN3O5S2/c21-16-6-4-14(12-19(16)31(28,29)23-8-2-1-3-9-23)22-20(25)18-11-13-10-15(24(26)27)5-7-17(13)30-18/h4-7,10-12H,1-3,8-9H2,(H,22,25). The molecule has 1 N–H and O–H groups in total. The summed E-state index contributed by atoms with van der Waals surface area (Å²) in [6, 6.07) is 10.3. The maximum atomic E-state index is 13.0.